The maximum atomic E-state index is 12.7. The van der Waals surface area contributed by atoms with E-state index in [-0.39, 0.29) is 37.5 Å². The number of benzene rings is 2. The van der Waals surface area contributed by atoms with E-state index in [2.05, 4.69) is 10.6 Å². The summed E-state index contributed by atoms with van der Waals surface area (Å²) in [7, 11) is 1.58. The van der Waals surface area contributed by atoms with E-state index in [1.54, 1.807) is 7.11 Å². The summed E-state index contributed by atoms with van der Waals surface area (Å²) in [6.07, 6.45) is 0.528. The van der Waals surface area contributed by atoms with Crippen LogP contribution < -0.4 is 10.6 Å². The Kier molecular flexibility index (Phi) is 6.93. The third kappa shape index (κ3) is 5.01. The molecule has 2 aromatic rings. The largest absolute Gasteiger partial charge is 0.481 e. The standard InChI is InChI=1S/C25H28N2O6/c1-32-22-12-10-20(22)26-24(30)21(11-13-23(28)29)27-25(31)33-14-19-17-8-4-2-6-15(17)16-7-3-5-9-18(16)19/h2-9,19-22H,10-14H2,1H3,(H,26,30)(H,27,31)(H,28,29). The van der Waals surface area contributed by atoms with Crippen LogP contribution in [0.5, 0.6) is 0 Å². The molecule has 0 bridgehead atoms. The molecule has 1 saturated carbocycles. The Hall–Kier alpha value is -3.39. The van der Waals surface area contributed by atoms with Gasteiger partial charge in [0, 0.05) is 19.4 Å². The molecule has 0 heterocycles. The molecule has 2 aliphatic carbocycles. The van der Waals surface area contributed by atoms with Crippen LogP contribution >= 0.6 is 0 Å². The summed E-state index contributed by atoms with van der Waals surface area (Å²) < 4.78 is 10.8. The lowest BCUT2D eigenvalue weighted by atomic mass is 9.88. The molecular formula is C25H28N2O6. The average Bonchev–Trinajstić information content (AvgIpc) is 3.12. The first-order valence-corrected chi connectivity index (χ1v) is 11.1. The number of ether oxygens (including phenoxy) is 2. The number of carbonyl (C=O) groups is 3. The fraction of sp³-hybridized carbons (Fsp3) is 0.400. The zero-order valence-corrected chi connectivity index (χ0v) is 18.5. The smallest absolute Gasteiger partial charge is 0.407 e. The number of amides is 2. The Bertz CT molecular complexity index is 992. The summed E-state index contributed by atoms with van der Waals surface area (Å²) in [4.78, 5) is 36.3. The predicted molar refractivity (Wildman–Crippen MR) is 121 cm³/mol. The third-order valence-electron chi connectivity index (χ3n) is 6.44. The minimum Gasteiger partial charge on any atom is -0.481 e. The molecule has 33 heavy (non-hydrogen) atoms. The van der Waals surface area contributed by atoms with E-state index in [1.807, 2.05) is 48.5 Å². The van der Waals surface area contributed by atoms with Crippen molar-refractivity contribution in [3.8, 4) is 11.1 Å². The second-order valence-electron chi connectivity index (χ2n) is 8.42. The summed E-state index contributed by atoms with van der Waals surface area (Å²) in [5, 5.41) is 14.4. The molecule has 0 saturated heterocycles. The van der Waals surface area contributed by atoms with Crippen LogP contribution in [0, 0.1) is 0 Å². The fourth-order valence-electron chi connectivity index (χ4n) is 4.52. The van der Waals surface area contributed by atoms with Gasteiger partial charge in [0.25, 0.3) is 0 Å². The number of nitrogens with one attached hydrogen (secondary N) is 2. The monoisotopic (exact) mass is 452 g/mol. The molecule has 2 amide bonds. The molecule has 0 aliphatic heterocycles. The number of fused-ring (bicyclic) bond motifs is 3. The number of carboxylic acids is 1. The van der Waals surface area contributed by atoms with Gasteiger partial charge in [-0.1, -0.05) is 48.5 Å². The van der Waals surface area contributed by atoms with Crippen molar-refractivity contribution in [2.24, 2.45) is 0 Å². The summed E-state index contributed by atoms with van der Waals surface area (Å²) in [5.74, 6) is -1.58. The molecule has 2 aliphatic rings. The Labute approximate surface area is 192 Å². The predicted octanol–water partition coefficient (Wildman–Crippen LogP) is 3.05. The number of hydrogen-bond acceptors (Lipinski definition) is 5. The highest BCUT2D eigenvalue weighted by molar-refractivity contribution is 5.86. The number of carbonyl (C=O) groups excluding carboxylic acids is 2. The van der Waals surface area contributed by atoms with Crippen LogP contribution in [-0.2, 0) is 19.1 Å². The maximum Gasteiger partial charge on any atom is 0.407 e. The van der Waals surface area contributed by atoms with Gasteiger partial charge in [0.15, 0.2) is 0 Å². The van der Waals surface area contributed by atoms with Crippen LogP contribution in [0.15, 0.2) is 48.5 Å². The number of rotatable bonds is 9. The second kappa shape index (κ2) is 10.0. The maximum absolute atomic E-state index is 12.7. The van der Waals surface area contributed by atoms with Crippen molar-refractivity contribution in [1.29, 1.82) is 0 Å². The zero-order chi connectivity index (χ0) is 23.4. The van der Waals surface area contributed by atoms with Crippen LogP contribution in [0.4, 0.5) is 4.79 Å². The topological polar surface area (TPSA) is 114 Å². The number of methoxy groups -OCH3 is 1. The Morgan fingerprint density at radius 1 is 1.03 bits per heavy atom. The lowest BCUT2D eigenvalue weighted by Crippen LogP contribution is -2.56. The summed E-state index contributed by atoms with van der Waals surface area (Å²) in [6, 6.07) is 14.9. The lowest BCUT2D eigenvalue weighted by Gasteiger charge is -2.36. The molecule has 8 nitrogen and oxygen atoms in total. The summed E-state index contributed by atoms with van der Waals surface area (Å²) in [6.45, 7) is 0.113. The first-order valence-electron chi connectivity index (χ1n) is 11.1. The highest BCUT2D eigenvalue weighted by Crippen LogP contribution is 2.44. The highest BCUT2D eigenvalue weighted by atomic mass is 16.5. The molecule has 0 radical (unpaired) electrons. The first kappa shape index (κ1) is 22.8. The van der Waals surface area contributed by atoms with E-state index >= 15 is 0 Å². The first-order chi connectivity index (χ1) is 16.0. The van der Waals surface area contributed by atoms with E-state index in [1.165, 1.54) is 0 Å². The van der Waals surface area contributed by atoms with E-state index < -0.39 is 24.0 Å². The van der Waals surface area contributed by atoms with Crippen molar-refractivity contribution in [3.05, 3.63) is 59.7 Å². The summed E-state index contributed by atoms with van der Waals surface area (Å²) >= 11 is 0. The van der Waals surface area contributed by atoms with Gasteiger partial charge in [0.1, 0.15) is 12.6 Å². The van der Waals surface area contributed by atoms with E-state index in [0.29, 0.717) is 0 Å². The number of aliphatic carboxylic acids is 1. The molecule has 3 N–H and O–H groups in total. The number of hydrogen-bond donors (Lipinski definition) is 3. The van der Waals surface area contributed by atoms with E-state index in [0.717, 1.165) is 35.1 Å². The van der Waals surface area contributed by atoms with Crippen molar-refractivity contribution < 1.29 is 29.0 Å². The van der Waals surface area contributed by atoms with Crippen molar-refractivity contribution in [2.45, 2.75) is 49.8 Å². The highest BCUT2D eigenvalue weighted by Gasteiger charge is 2.35. The van der Waals surface area contributed by atoms with E-state index in [4.69, 9.17) is 14.6 Å². The molecule has 3 unspecified atom stereocenters. The normalized spacial score (nSPS) is 19.5. The molecule has 2 aromatic carbocycles. The number of carboxylic acid groups (broad SMARTS) is 1. The average molecular weight is 453 g/mol. The molecule has 174 valence electrons. The molecular weight excluding hydrogens is 424 g/mol. The van der Waals surface area contributed by atoms with Crippen LogP contribution in [0.25, 0.3) is 11.1 Å². The Morgan fingerprint density at radius 3 is 2.21 bits per heavy atom. The SMILES string of the molecule is COC1CCC1NC(=O)C(CCC(=O)O)NC(=O)OCC1c2ccccc2-c2ccccc21. The third-order valence-corrected chi connectivity index (χ3v) is 6.44. The quantitative estimate of drug-likeness (QED) is 0.539. The van der Waals surface area contributed by atoms with Crippen LogP contribution in [-0.4, -0.2) is 55.0 Å². The van der Waals surface area contributed by atoms with Gasteiger partial charge in [-0.25, -0.2) is 4.79 Å². The lowest BCUT2D eigenvalue weighted by molar-refractivity contribution is -0.137. The van der Waals surface area contributed by atoms with Crippen molar-refractivity contribution >= 4 is 18.0 Å². The number of alkyl carbamates (subject to hydrolysis) is 1. The minimum atomic E-state index is -1.04. The van der Waals surface area contributed by atoms with Crippen molar-refractivity contribution in [2.75, 3.05) is 13.7 Å². The van der Waals surface area contributed by atoms with Crippen molar-refractivity contribution in [1.82, 2.24) is 10.6 Å². The van der Waals surface area contributed by atoms with Gasteiger partial charge in [-0.15, -0.1) is 0 Å². The van der Waals surface area contributed by atoms with Gasteiger partial charge in [0.2, 0.25) is 5.91 Å². The van der Waals surface area contributed by atoms with Gasteiger partial charge < -0.3 is 25.2 Å². The minimum absolute atomic E-state index is 0.0320. The second-order valence-corrected chi connectivity index (χ2v) is 8.42. The Balaban J connectivity index is 1.39. The molecule has 4 rings (SSSR count). The van der Waals surface area contributed by atoms with Gasteiger partial charge >= 0.3 is 12.1 Å². The van der Waals surface area contributed by atoms with Crippen molar-refractivity contribution in [3.63, 3.8) is 0 Å². The Morgan fingerprint density at radius 2 is 1.67 bits per heavy atom. The van der Waals surface area contributed by atoms with Crippen LogP contribution in [0.3, 0.4) is 0 Å². The van der Waals surface area contributed by atoms with Crippen LogP contribution in [0.1, 0.15) is 42.7 Å². The summed E-state index contributed by atoms with van der Waals surface area (Å²) in [5.41, 5.74) is 4.41. The van der Waals surface area contributed by atoms with E-state index in [9.17, 15) is 14.4 Å². The molecule has 8 heteroatoms. The van der Waals surface area contributed by atoms with Gasteiger partial charge in [-0.05, 0) is 41.5 Å². The zero-order valence-electron chi connectivity index (χ0n) is 18.5. The molecule has 0 aromatic heterocycles. The molecule has 3 atom stereocenters. The van der Waals surface area contributed by atoms with Gasteiger partial charge in [0.05, 0.1) is 12.1 Å². The van der Waals surface area contributed by atoms with Gasteiger partial charge in [-0.3, -0.25) is 9.59 Å². The van der Waals surface area contributed by atoms with Gasteiger partial charge in [-0.2, -0.15) is 0 Å². The molecule has 0 spiro atoms. The van der Waals surface area contributed by atoms with Crippen LogP contribution in [0.2, 0.25) is 0 Å². The molecule has 1 fully saturated rings. The fourth-order valence-corrected chi connectivity index (χ4v) is 4.52.